The molecule has 1 aliphatic heterocycles. The molecule has 1 saturated heterocycles. The van der Waals surface area contributed by atoms with Crippen LogP contribution in [0.4, 0.5) is 19.0 Å². The van der Waals surface area contributed by atoms with Crippen LogP contribution in [0.3, 0.4) is 0 Å². The van der Waals surface area contributed by atoms with Crippen LogP contribution in [0.2, 0.25) is 0 Å². The predicted molar refractivity (Wildman–Crippen MR) is 82.3 cm³/mol. The minimum atomic E-state index is -4.56. The fourth-order valence-electron chi connectivity index (χ4n) is 2.84. The highest BCUT2D eigenvalue weighted by atomic mass is 19.4. The van der Waals surface area contributed by atoms with Crippen LogP contribution in [0, 0.1) is 0 Å². The minimum absolute atomic E-state index is 0.0144. The van der Waals surface area contributed by atoms with Crippen LogP contribution in [0.1, 0.15) is 25.5 Å². The van der Waals surface area contributed by atoms with Crippen molar-refractivity contribution in [3.63, 3.8) is 0 Å². The quantitative estimate of drug-likeness (QED) is 0.912. The SMILES string of the molecule is C[C@@H]1C[C@H](O)CCN1c1cc(C(F)(F)F)nc(-c2ccncc2)n1. The Morgan fingerprint density at radius 1 is 1.21 bits per heavy atom. The Balaban J connectivity index is 2.06. The molecule has 2 aromatic heterocycles. The second-order valence-electron chi connectivity index (χ2n) is 5.89. The maximum absolute atomic E-state index is 13.2. The molecule has 0 spiro atoms. The average molecular weight is 338 g/mol. The summed E-state index contributed by atoms with van der Waals surface area (Å²) in [6, 6.07) is 4.01. The summed E-state index contributed by atoms with van der Waals surface area (Å²) in [4.78, 5) is 13.6. The molecule has 0 radical (unpaired) electrons. The number of pyridine rings is 1. The number of aliphatic hydroxyl groups excluding tert-OH is 1. The lowest BCUT2D eigenvalue weighted by molar-refractivity contribution is -0.141. The summed E-state index contributed by atoms with van der Waals surface area (Å²) >= 11 is 0. The van der Waals surface area contributed by atoms with Crippen LogP contribution in [-0.4, -0.2) is 38.7 Å². The second kappa shape index (κ2) is 6.35. The monoisotopic (exact) mass is 338 g/mol. The van der Waals surface area contributed by atoms with Crippen LogP contribution in [-0.2, 0) is 6.18 Å². The number of aliphatic hydroxyl groups is 1. The summed E-state index contributed by atoms with van der Waals surface area (Å²) in [7, 11) is 0. The van der Waals surface area contributed by atoms with Gasteiger partial charge in [-0.2, -0.15) is 13.2 Å². The molecule has 3 rings (SSSR count). The van der Waals surface area contributed by atoms with Gasteiger partial charge in [0.15, 0.2) is 11.5 Å². The summed E-state index contributed by atoms with van der Waals surface area (Å²) in [6.45, 7) is 2.32. The summed E-state index contributed by atoms with van der Waals surface area (Å²) in [5.41, 5.74) is -0.500. The number of piperidine rings is 1. The normalized spacial score (nSPS) is 21.8. The van der Waals surface area contributed by atoms with Gasteiger partial charge in [-0.3, -0.25) is 4.98 Å². The van der Waals surface area contributed by atoms with Crippen LogP contribution >= 0.6 is 0 Å². The third-order valence-electron chi connectivity index (χ3n) is 4.08. The van der Waals surface area contributed by atoms with E-state index in [0.29, 0.717) is 24.9 Å². The van der Waals surface area contributed by atoms with Gasteiger partial charge in [-0.15, -0.1) is 0 Å². The predicted octanol–water partition coefficient (Wildman–Crippen LogP) is 2.91. The van der Waals surface area contributed by atoms with E-state index in [1.165, 1.54) is 12.4 Å². The maximum Gasteiger partial charge on any atom is 0.433 e. The smallest absolute Gasteiger partial charge is 0.393 e. The van der Waals surface area contributed by atoms with Crippen molar-refractivity contribution < 1.29 is 18.3 Å². The largest absolute Gasteiger partial charge is 0.433 e. The number of alkyl halides is 3. The second-order valence-corrected chi connectivity index (χ2v) is 5.89. The molecule has 1 N–H and O–H groups in total. The molecule has 2 aromatic rings. The fraction of sp³-hybridized carbons (Fsp3) is 0.438. The first kappa shape index (κ1) is 16.6. The number of halogens is 3. The molecule has 0 saturated carbocycles. The van der Waals surface area contributed by atoms with Crippen LogP contribution < -0.4 is 4.90 Å². The number of aromatic nitrogens is 3. The summed E-state index contributed by atoms with van der Waals surface area (Å²) < 4.78 is 39.7. The molecular formula is C16H17F3N4O. The molecule has 24 heavy (non-hydrogen) atoms. The molecule has 0 unspecified atom stereocenters. The first-order valence-corrected chi connectivity index (χ1v) is 7.66. The van der Waals surface area contributed by atoms with Crippen LogP contribution in [0.15, 0.2) is 30.6 Å². The molecule has 0 aromatic carbocycles. The number of hydrogen-bond donors (Lipinski definition) is 1. The van der Waals surface area contributed by atoms with E-state index in [9.17, 15) is 18.3 Å². The highest BCUT2D eigenvalue weighted by Gasteiger charge is 2.35. The molecule has 1 fully saturated rings. The zero-order chi connectivity index (χ0) is 17.3. The van der Waals surface area contributed by atoms with Gasteiger partial charge in [0.25, 0.3) is 0 Å². The Morgan fingerprint density at radius 2 is 1.92 bits per heavy atom. The standard InChI is InChI=1S/C16H17F3N4O/c1-10-8-12(24)4-7-23(10)14-9-13(16(17,18)19)21-15(22-14)11-2-5-20-6-3-11/h2-3,5-6,9-10,12,24H,4,7-8H2,1H3/t10-,12-/m1/s1. The van der Waals surface area contributed by atoms with Crippen molar-refractivity contribution in [3.8, 4) is 11.4 Å². The van der Waals surface area contributed by atoms with Crippen LogP contribution in [0.25, 0.3) is 11.4 Å². The molecule has 1 aliphatic rings. The zero-order valence-corrected chi connectivity index (χ0v) is 13.0. The summed E-state index contributed by atoms with van der Waals surface area (Å²) in [6.07, 6.45) is -1.02. The molecule has 0 bridgehead atoms. The van der Waals surface area contributed by atoms with Crippen molar-refractivity contribution in [2.75, 3.05) is 11.4 Å². The van der Waals surface area contributed by atoms with Gasteiger partial charge in [0.05, 0.1) is 6.10 Å². The van der Waals surface area contributed by atoms with Crippen molar-refractivity contribution in [1.82, 2.24) is 15.0 Å². The first-order valence-electron chi connectivity index (χ1n) is 7.66. The van der Waals surface area contributed by atoms with Crippen LogP contribution in [0.5, 0.6) is 0 Å². The zero-order valence-electron chi connectivity index (χ0n) is 13.0. The number of nitrogens with zero attached hydrogens (tertiary/aromatic N) is 4. The van der Waals surface area contributed by atoms with Crippen molar-refractivity contribution in [1.29, 1.82) is 0 Å². The van der Waals surface area contributed by atoms with Gasteiger partial charge in [-0.25, -0.2) is 9.97 Å². The van der Waals surface area contributed by atoms with Crippen molar-refractivity contribution in [3.05, 3.63) is 36.3 Å². The lowest BCUT2D eigenvalue weighted by Crippen LogP contribution is -2.43. The Labute approximate surface area is 137 Å². The number of rotatable bonds is 2. The lowest BCUT2D eigenvalue weighted by Gasteiger charge is -2.37. The Hall–Kier alpha value is -2.22. The van der Waals surface area contributed by atoms with Gasteiger partial charge in [0.2, 0.25) is 0 Å². The van der Waals surface area contributed by atoms with E-state index >= 15 is 0 Å². The van der Waals surface area contributed by atoms with Gasteiger partial charge in [-0.05, 0) is 31.9 Å². The molecular weight excluding hydrogens is 321 g/mol. The number of anilines is 1. The molecule has 5 nitrogen and oxygen atoms in total. The minimum Gasteiger partial charge on any atom is -0.393 e. The van der Waals surface area contributed by atoms with Gasteiger partial charge in [-0.1, -0.05) is 0 Å². The maximum atomic E-state index is 13.2. The molecule has 2 atom stereocenters. The van der Waals surface area contributed by atoms with Gasteiger partial charge in [0, 0.05) is 36.6 Å². The average Bonchev–Trinajstić information content (AvgIpc) is 2.54. The third-order valence-corrected chi connectivity index (χ3v) is 4.08. The highest BCUT2D eigenvalue weighted by molar-refractivity contribution is 5.57. The van der Waals surface area contributed by atoms with Gasteiger partial charge < -0.3 is 10.0 Å². The Morgan fingerprint density at radius 3 is 2.54 bits per heavy atom. The van der Waals surface area contributed by atoms with Crippen molar-refractivity contribution in [2.24, 2.45) is 0 Å². The molecule has 3 heterocycles. The van der Waals surface area contributed by atoms with E-state index in [2.05, 4.69) is 15.0 Å². The first-order chi connectivity index (χ1) is 11.3. The Kier molecular flexibility index (Phi) is 4.40. The van der Waals surface area contributed by atoms with E-state index in [0.717, 1.165) is 6.07 Å². The van der Waals surface area contributed by atoms with E-state index in [1.807, 2.05) is 6.92 Å². The van der Waals surface area contributed by atoms with E-state index in [-0.39, 0.29) is 17.7 Å². The highest BCUT2D eigenvalue weighted by Crippen LogP contribution is 2.33. The van der Waals surface area contributed by atoms with Crippen molar-refractivity contribution in [2.45, 2.75) is 38.1 Å². The van der Waals surface area contributed by atoms with E-state index in [1.54, 1.807) is 17.0 Å². The molecule has 0 amide bonds. The third kappa shape index (κ3) is 3.48. The van der Waals surface area contributed by atoms with E-state index < -0.39 is 18.0 Å². The fourth-order valence-corrected chi connectivity index (χ4v) is 2.84. The molecule has 0 aliphatic carbocycles. The summed E-state index contributed by atoms with van der Waals surface area (Å²) in [5.74, 6) is 0.240. The number of hydrogen-bond acceptors (Lipinski definition) is 5. The molecule has 8 heteroatoms. The van der Waals surface area contributed by atoms with Gasteiger partial charge in [0.1, 0.15) is 5.82 Å². The lowest BCUT2D eigenvalue weighted by atomic mass is 10.0. The van der Waals surface area contributed by atoms with Gasteiger partial charge >= 0.3 is 6.18 Å². The van der Waals surface area contributed by atoms with Crippen molar-refractivity contribution >= 4 is 5.82 Å². The Bertz CT molecular complexity index is 708. The topological polar surface area (TPSA) is 62.1 Å². The summed E-state index contributed by atoms with van der Waals surface area (Å²) in [5, 5.41) is 9.71. The van der Waals surface area contributed by atoms with E-state index in [4.69, 9.17) is 0 Å². The molecule has 128 valence electrons.